The van der Waals surface area contributed by atoms with Gasteiger partial charge in [-0.2, -0.15) is 0 Å². The zero-order valence-electron chi connectivity index (χ0n) is 12.5. The van der Waals surface area contributed by atoms with Crippen LogP contribution in [0.4, 0.5) is 0 Å². The number of halogens is 2. The molecule has 0 saturated carbocycles. The van der Waals surface area contributed by atoms with Crippen LogP contribution in [0.1, 0.15) is 30.4 Å². The van der Waals surface area contributed by atoms with Gasteiger partial charge in [0.25, 0.3) is 0 Å². The van der Waals surface area contributed by atoms with E-state index in [9.17, 15) is 9.59 Å². The van der Waals surface area contributed by atoms with Crippen LogP contribution in [0.3, 0.4) is 0 Å². The van der Waals surface area contributed by atoms with Crippen LogP contribution in [0.25, 0.3) is 0 Å². The first kappa shape index (κ1) is 17.3. The van der Waals surface area contributed by atoms with E-state index in [1.165, 1.54) is 4.90 Å². The minimum Gasteiger partial charge on any atom is -0.318 e. The standard InChI is InChI=1S/C16H19ClN2O2.ClH/c1-18-7-8-19-14(20)10-16(15(19)21)6-2-3-11-4-5-12(17)9-13(11)16;/h4-5,9,18H,2-3,6-8,10H2,1H3;1H. The molecule has 6 heteroatoms. The highest BCUT2D eigenvalue weighted by molar-refractivity contribution is 6.30. The van der Waals surface area contributed by atoms with Crippen molar-refractivity contribution < 1.29 is 9.59 Å². The first-order chi connectivity index (χ1) is 10.1. The molecule has 1 spiro atoms. The summed E-state index contributed by atoms with van der Waals surface area (Å²) in [5.41, 5.74) is 1.44. The largest absolute Gasteiger partial charge is 0.318 e. The molecular formula is C16H20Cl2N2O2. The van der Waals surface area contributed by atoms with Gasteiger partial charge in [-0.05, 0) is 49.6 Å². The Morgan fingerprint density at radius 3 is 2.86 bits per heavy atom. The summed E-state index contributed by atoms with van der Waals surface area (Å²) in [4.78, 5) is 26.6. The van der Waals surface area contributed by atoms with Crippen molar-refractivity contribution in [3.63, 3.8) is 0 Å². The molecule has 0 aromatic heterocycles. The summed E-state index contributed by atoms with van der Waals surface area (Å²) in [5, 5.41) is 3.62. The van der Waals surface area contributed by atoms with Gasteiger partial charge in [-0.15, -0.1) is 12.4 Å². The van der Waals surface area contributed by atoms with Gasteiger partial charge < -0.3 is 5.32 Å². The van der Waals surface area contributed by atoms with Gasteiger partial charge >= 0.3 is 0 Å². The van der Waals surface area contributed by atoms with Gasteiger partial charge in [0.2, 0.25) is 11.8 Å². The van der Waals surface area contributed by atoms with Crippen LogP contribution in [0.2, 0.25) is 5.02 Å². The number of aryl methyl sites for hydroxylation is 1. The molecule has 22 heavy (non-hydrogen) atoms. The lowest BCUT2D eigenvalue weighted by Crippen LogP contribution is -2.42. The molecule has 1 aromatic carbocycles. The molecule has 0 radical (unpaired) electrons. The number of likely N-dealkylation sites (N-methyl/N-ethyl adjacent to an activating group) is 1. The Kier molecular flexibility index (Phi) is 5.15. The molecule has 1 aliphatic heterocycles. The van der Waals surface area contributed by atoms with Gasteiger partial charge in [-0.3, -0.25) is 14.5 Å². The van der Waals surface area contributed by atoms with E-state index in [1.807, 2.05) is 25.2 Å². The van der Waals surface area contributed by atoms with Gasteiger partial charge in [0.1, 0.15) is 0 Å². The maximum Gasteiger partial charge on any atom is 0.240 e. The van der Waals surface area contributed by atoms with Gasteiger partial charge in [0, 0.05) is 24.5 Å². The highest BCUT2D eigenvalue weighted by Crippen LogP contribution is 2.46. The van der Waals surface area contributed by atoms with Crippen molar-refractivity contribution in [1.82, 2.24) is 10.2 Å². The van der Waals surface area contributed by atoms with Crippen LogP contribution < -0.4 is 5.32 Å². The number of rotatable bonds is 3. The van der Waals surface area contributed by atoms with E-state index in [-0.39, 0.29) is 30.6 Å². The second-order valence-corrected chi connectivity index (χ2v) is 6.30. The molecule has 2 amide bonds. The number of fused-ring (bicyclic) bond motifs is 2. The summed E-state index contributed by atoms with van der Waals surface area (Å²) in [7, 11) is 1.82. The summed E-state index contributed by atoms with van der Waals surface area (Å²) < 4.78 is 0. The van der Waals surface area contributed by atoms with Crippen molar-refractivity contribution in [2.45, 2.75) is 31.1 Å². The summed E-state index contributed by atoms with van der Waals surface area (Å²) >= 11 is 6.12. The fourth-order valence-electron chi connectivity index (χ4n) is 3.58. The lowest BCUT2D eigenvalue weighted by molar-refractivity contribution is -0.140. The van der Waals surface area contributed by atoms with E-state index < -0.39 is 5.41 Å². The summed E-state index contributed by atoms with van der Waals surface area (Å²) in [6.07, 6.45) is 2.91. The molecule has 4 nitrogen and oxygen atoms in total. The van der Waals surface area contributed by atoms with Gasteiger partial charge in [-0.1, -0.05) is 17.7 Å². The number of likely N-dealkylation sites (tertiary alicyclic amines) is 1. The summed E-state index contributed by atoms with van der Waals surface area (Å²) in [6.45, 7) is 1.06. The molecule has 120 valence electrons. The molecular weight excluding hydrogens is 323 g/mol. The van der Waals surface area contributed by atoms with E-state index in [1.54, 1.807) is 0 Å². The lowest BCUT2D eigenvalue weighted by Gasteiger charge is -2.33. The number of carbonyl (C=O) groups excluding carboxylic acids is 2. The Labute approximate surface area is 141 Å². The van der Waals surface area contributed by atoms with E-state index >= 15 is 0 Å². The molecule has 1 aromatic rings. The van der Waals surface area contributed by atoms with E-state index in [2.05, 4.69) is 5.32 Å². The van der Waals surface area contributed by atoms with E-state index in [0.717, 1.165) is 30.4 Å². The monoisotopic (exact) mass is 342 g/mol. The number of nitrogens with one attached hydrogen (secondary N) is 1. The van der Waals surface area contributed by atoms with Crippen molar-refractivity contribution in [3.05, 3.63) is 34.3 Å². The molecule has 1 heterocycles. The van der Waals surface area contributed by atoms with Gasteiger partial charge in [-0.25, -0.2) is 0 Å². The number of imide groups is 1. The number of nitrogens with zero attached hydrogens (tertiary/aromatic N) is 1. The van der Waals surface area contributed by atoms with Crippen molar-refractivity contribution in [2.75, 3.05) is 20.1 Å². The number of hydrogen-bond donors (Lipinski definition) is 1. The Morgan fingerprint density at radius 1 is 1.36 bits per heavy atom. The van der Waals surface area contributed by atoms with Crippen molar-refractivity contribution in [2.24, 2.45) is 0 Å². The zero-order valence-corrected chi connectivity index (χ0v) is 14.1. The first-order valence-electron chi connectivity index (χ1n) is 7.37. The smallest absolute Gasteiger partial charge is 0.240 e. The third kappa shape index (κ3) is 2.64. The van der Waals surface area contributed by atoms with Crippen molar-refractivity contribution in [1.29, 1.82) is 0 Å². The molecule has 1 N–H and O–H groups in total. The second-order valence-electron chi connectivity index (χ2n) is 5.87. The van der Waals surface area contributed by atoms with Gasteiger partial charge in [0.15, 0.2) is 0 Å². The molecule has 1 fully saturated rings. The number of benzene rings is 1. The Morgan fingerprint density at radius 2 is 2.14 bits per heavy atom. The maximum absolute atomic E-state index is 12.9. The van der Waals surface area contributed by atoms with Crippen LogP contribution in [0.15, 0.2) is 18.2 Å². The molecule has 1 saturated heterocycles. The predicted octanol–water partition coefficient (Wildman–Crippen LogP) is 2.31. The first-order valence-corrected chi connectivity index (χ1v) is 7.74. The number of amides is 2. The Bertz CT molecular complexity index is 606. The Hall–Kier alpha value is -1.10. The molecule has 1 atom stereocenters. The van der Waals surface area contributed by atoms with E-state index in [0.29, 0.717) is 18.1 Å². The Balaban J connectivity index is 0.00000176. The van der Waals surface area contributed by atoms with Crippen LogP contribution in [-0.4, -0.2) is 36.9 Å². The quantitative estimate of drug-likeness (QED) is 0.857. The minimum absolute atomic E-state index is 0. The molecule has 0 bridgehead atoms. The highest BCUT2D eigenvalue weighted by Gasteiger charge is 2.53. The van der Waals surface area contributed by atoms with Crippen molar-refractivity contribution >= 4 is 35.8 Å². The summed E-state index contributed by atoms with van der Waals surface area (Å²) in [6, 6.07) is 5.73. The normalized spacial score (nSPS) is 23.6. The molecule has 1 aliphatic carbocycles. The van der Waals surface area contributed by atoms with Crippen LogP contribution in [-0.2, 0) is 21.4 Å². The fourth-order valence-corrected chi connectivity index (χ4v) is 3.76. The fraction of sp³-hybridized carbons (Fsp3) is 0.500. The second kappa shape index (κ2) is 6.57. The number of carbonyl (C=O) groups is 2. The van der Waals surface area contributed by atoms with Crippen molar-refractivity contribution in [3.8, 4) is 0 Å². The van der Waals surface area contributed by atoms with Gasteiger partial charge in [0.05, 0.1) is 5.41 Å². The maximum atomic E-state index is 12.9. The lowest BCUT2D eigenvalue weighted by atomic mass is 9.69. The molecule has 1 unspecified atom stereocenters. The number of hydrogen-bond acceptors (Lipinski definition) is 3. The predicted molar refractivity (Wildman–Crippen MR) is 88.6 cm³/mol. The molecule has 2 aliphatic rings. The SMILES string of the molecule is CNCCN1C(=O)CC2(CCCc3ccc(Cl)cc32)C1=O.Cl. The molecule has 3 rings (SSSR count). The summed E-state index contributed by atoms with van der Waals surface area (Å²) in [5.74, 6) is -0.117. The van der Waals surface area contributed by atoms with Crippen LogP contribution in [0, 0.1) is 0 Å². The average molecular weight is 343 g/mol. The topological polar surface area (TPSA) is 49.4 Å². The van der Waals surface area contributed by atoms with E-state index in [4.69, 9.17) is 11.6 Å². The van der Waals surface area contributed by atoms with Crippen LogP contribution >= 0.6 is 24.0 Å². The zero-order chi connectivity index (χ0) is 15.0. The average Bonchev–Trinajstić information content (AvgIpc) is 2.70. The minimum atomic E-state index is -0.677. The third-order valence-electron chi connectivity index (χ3n) is 4.63. The third-order valence-corrected chi connectivity index (χ3v) is 4.87. The highest BCUT2D eigenvalue weighted by atomic mass is 35.5. The van der Waals surface area contributed by atoms with Crippen LogP contribution in [0.5, 0.6) is 0 Å².